The van der Waals surface area contributed by atoms with Crippen molar-refractivity contribution in [2.45, 2.75) is 236 Å². The van der Waals surface area contributed by atoms with Gasteiger partial charge < -0.3 is 49.3 Å². The van der Waals surface area contributed by atoms with Crippen molar-refractivity contribution in [3.8, 4) is 0 Å². The van der Waals surface area contributed by atoms with Gasteiger partial charge in [-0.05, 0) is 44.9 Å². The summed E-state index contributed by atoms with van der Waals surface area (Å²) in [5.74, 6) is -1.31. The van der Waals surface area contributed by atoms with E-state index in [4.69, 9.17) is 18.5 Å². The average Bonchev–Trinajstić information content (AvgIpc) is 3.25. The Hall–Kier alpha value is -1.37. The van der Waals surface area contributed by atoms with Crippen LogP contribution in [-0.2, 0) is 50.9 Å². The number of unbranched alkanes of at least 4 members (excludes halogenated alkanes) is 22. The third-order valence-corrected chi connectivity index (χ3v) is 13.3. The molecule has 0 aliphatic heterocycles. The number of phosphoric acid groups is 3. The molecular formula is C45H85O19P3. The lowest BCUT2D eigenvalue weighted by Gasteiger charge is -2.44. The Balaban J connectivity index is 2.72. The number of allylic oxidation sites excluding steroid dienone is 4. The molecule has 22 heteroatoms. The second-order valence-corrected chi connectivity index (χ2v) is 21.2. The van der Waals surface area contributed by atoms with E-state index in [0.717, 1.165) is 70.6 Å². The molecule has 0 aromatic carbocycles. The molecule has 1 rings (SSSR count). The first kappa shape index (κ1) is 63.6. The molecule has 8 N–H and O–H groups in total. The molecule has 19 nitrogen and oxygen atoms in total. The van der Waals surface area contributed by atoms with Gasteiger partial charge in [-0.1, -0.05) is 160 Å². The summed E-state index contributed by atoms with van der Waals surface area (Å²) in [6, 6.07) is 0. The topological polar surface area (TPSA) is 303 Å². The second kappa shape index (κ2) is 37.4. The maximum Gasteiger partial charge on any atom is 0.472 e. The van der Waals surface area contributed by atoms with E-state index in [9.17, 15) is 63.1 Å². The monoisotopic (exact) mass is 1020 g/mol. The Morgan fingerprint density at radius 1 is 0.478 bits per heavy atom. The van der Waals surface area contributed by atoms with Gasteiger partial charge in [0.15, 0.2) is 6.10 Å². The zero-order valence-corrected chi connectivity index (χ0v) is 42.7. The summed E-state index contributed by atoms with van der Waals surface area (Å²) in [5.41, 5.74) is 0. The number of aliphatic hydroxyl groups is 3. The van der Waals surface area contributed by atoms with Gasteiger partial charge in [0.05, 0.1) is 6.61 Å². The van der Waals surface area contributed by atoms with Gasteiger partial charge in [-0.15, -0.1) is 0 Å². The Kier molecular flexibility index (Phi) is 35.5. The minimum Gasteiger partial charge on any atom is -0.462 e. The van der Waals surface area contributed by atoms with E-state index in [1.807, 2.05) is 0 Å². The summed E-state index contributed by atoms with van der Waals surface area (Å²) < 4.78 is 65.5. The summed E-state index contributed by atoms with van der Waals surface area (Å²) in [6.07, 6.45) is 20.5. The van der Waals surface area contributed by atoms with Gasteiger partial charge in [-0.3, -0.25) is 27.7 Å². The van der Waals surface area contributed by atoms with Crippen molar-refractivity contribution in [3.63, 3.8) is 0 Å². The molecule has 0 amide bonds. The zero-order chi connectivity index (χ0) is 50.0. The van der Waals surface area contributed by atoms with Crippen LogP contribution in [0, 0.1) is 0 Å². The molecule has 0 aromatic rings. The molecular weight excluding hydrogens is 937 g/mol. The minimum atomic E-state index is -5.60. The number of hydrogen-bond acceptors (Lipinski definition) is 14. The highest BCUT2D eigenvalue weighted by molar-refractivity contribution is 7.47. The molecule has 5 unspecified atom stereocenters. The van der Waals surface area contributed by atoms with Gasteiger partial charge >= 0.3 is 35.4 Å². The summed E-state index contributed by atoms with van der Waals surface area (Å²) in [6.45, 7) is 2.92. The quantitative estimate of drug-likeness (QED) is 0.0122. The summed E-state index contributed by atoms with van der Waals surface area (Å²) in [7, 11) is -16.6. The number of ether oxygens (including phenoxy) is 2. The van der Waals surface area contributed by atoms with E-state index in [-0.39, 0.29) is 12.8 Å². The van der Waals surface area contributed by atoms with Crippen molar-refractivity contribution in [3.05, 3.63) is 24.3 Å². The Morgan fingerprint density at radius 3 is 1.34 bits per heavy atom. The number of carbonyl (C=O) groups excluding carboxylic acids is 2. The maximum absolute atomic E-state index is 13.1. The predicted octanol–water partition coefficient (Wildman–Crippen LogP) is 9.07. The van der Waals surface area contributed by atoms with Gasteiger partial charge in [0.1, 0.15) is 43.2 Å². The molecule has 0 aromatic heterocycles. The molecule has 0 bridgehead atoms. The van der Waals surface area contributed by atoms with Crippen LogP contribution in [0.1, 0.15) is 194 Å². The fraction of sp³-hybridized carbons (Fsp3) is 0.867. The molecule has 67 heavy (non-hydrogen) atoms. The van der Waals surface area contributed by atoms with E-state index >= 15 is 0 Å². The van der Waals surface area contributed by atoms with Crippen molar-refractivity contribution in [2.24, 2.45) is 0 Å². The smallest absolute Gasteiger partial charge is 0.462 e. The van der Waals surface area contributed by atoms with Crippen molar-refractivity contribution in [1.29, 1.82) is 0 Å². The largest absolute Gasteiger partial charge is 0.472 e. The van der Waals surface area contributed by atoms with Crippen LogP contribution in [0.25, 0.3) is 0 Å². The van der Waals surface area contributed by atoms with Gasteiger partial charge in [-0.25, -0.2) is 13.7 Å². The van der Waals surface area contributed by atoms with Gasteiger partial charge in [0.25, 0.3) is 0 Å². The standard InChI is InChI=1S/C45H85O19P3/c1-3-5-7-9-11-13-15-17-19-21-23-25-27-29-31-33-38(46)59-35-37(61-39(47)34-32-30-28-26-24-22-20-18-16-14-12-10-8-6-4-2)36-60-67(57,58)64-43-40(48)41(49)44(62-65(51,52)53)45(42(43)50)63-66(54,55)56/h12,14,18,20,37,40-45,48-50H,3-11,13,15-17,19,21-36H2,1-2H3,(H,57,58)(H2,51,52,53)(H2,54,55,56)/b14-12-,20-18-/t37-,40?,41?,42?,43+,44?,45+/m1/s1. The number of phosphoric ester groups is 3. The Labute approximate surface area is 398 Å². The van der Waals surface area contributed by atoms with Gasteiger partial charge in [0, 0.05) is 12.8 Å². The molecule has 0 radical (unpaired) electrons. The fourth-order valence-electron chi connectivity index (χ4n) is 7.55. The summed E-state index contributed by atoms with van der Waals surface area (Å²) >= 11 is 0. The molecule has 1 saturated carbocycles. The van der Waals surface area contributed by atoms with Crippen molar-refractivity contribution in [1.82, 2.24) is 0 Å². The first-order valence-electron chi connectivity index (χ1n) is 24.6. The van der Waals surface area contributed by atoms with Gasteiger partial charge in [-0.2, -0.15) is 0 Å². The van der Waals surface area contributed by atoms with Crippen LogP contribution < -0.4 is 0 Å². The fourth-order valence-corrected chi connectivity index (χ4v) is 9.65. The predicted molar refractivity (Wildman–Crippen MR) is 252 cm³/mol. The van der Waals surface area contributed by atoms with Crippen LogP contribution in [0.3, 0.4) is 0 Å². The van der Waals surface area contributed by atoms with Crippen LogP contribution in [0.5, 0.6) is 0 Å². The maximum atomic E-state index is 13.1. The van der Waals surface area contributed by atoms with Gasteiger partial charge in [0.2, 0.25) is 0 Å². The Bertz CT molecular complexity index is 1500. The molecule has 1 fully saturated rings. The van der Waals surface area contributed by atoms with Crippen molar-refractivity contribution < 1.29 is 90.6 Å². The highest BCUT2D eigenvalue weighted by Gasteiger charge is 2.56. The summed E-state index contributed by atoms with van der Waals surface area (Å²) in [5, 5.41) is 31.9. The lowest BCUT2D eigenvalue weighted by Crippen LogP contribution is -2.65. The lowest BCUT2D eigenvalue weighted by atomic mass is 9.85. The molecule has 0 spiro atoms. The van der Waals surface area contributed by atoms with E-state index in [2.05, 4.69) is 47.2 Å². The second-order valence-electron chi connectivity index (χ2n) is 17.4. The third kappa shape index (κ3) is 33.8. The Morgan fingerprint density at radius 2 is 0.866 bits per heavy atom. The SMILES string of the molecule is CCCCC/C=C\C/C=C\CCCCCCCC(=O)O[C@H](COC(=O)CCCCCCCCCCCCCCCCC)COP(=O)(O)O[C@H]1C(O)C(O)C(OP(=O)(O)O)[C@@H](OP(=O)(O)O)C1O. The molecule has 0 saturated heterocycles. The summed E-state index contributed by atoms with van der Waals surface area (Å²) in [4.78, 5) is 73.2. The normalized spacial score (nSPS) is 21.8. The van der Waals surface area contributed by atoms with Crippen LogP contribution in [-0.4, -0.2) is 108 Å². The average molecular weight is 1020 g/mol. The van der Waals surface area contributed by atoms with E-state index in [0.29, 0.717) is 12.8 Å². The van der Waals surface area contributed by atoms with Crippen LogP contribution in [0.15, 0.2) is 24.3 Å². The zero-order valence-electron chi connectivity index (χ0n) is 40.0. The molecule has 0 heterocycles. The van der Waals surface area contributed by atoms with Crippen LogP contribution in [0.4, 0.5) is 0 Å². The minimum absolute atomic E-state index is 0.0154. The first-order valence-corrected chi connectivity index (χ1v) is 29.2. The van der Waals surface area contributed by atoms with Crippen molar-refractivity contribution in [2.75, 3.05) is 13.2 Å². The highest BCUT2D eigenvalue weighted by Crippen LogP contribution is 2.51. The van der Waals surface area contributed by atoms with E-state index in [1.165, 1.54) is 83.5 Å². The van der Waals surface area contributed by atoms with Crippen LogP contribution >= 0.6 is 23.5 Å². The van der Waals surface area contributed by atoms with Crippen LogP contribution in [0.2, 0.25) is 0 Å². The van der Waals surface area contributed by atoms with Crippen molar-refractivity contribution >= 4 is 35.4 Å². The molecule has 8 atom stereocenters. The number of rotatable bonds is 42. The molecule has 394 valence electrons. The number of aliphatic hydroxyl groups excluding tert-OH is 3. The highest BCUT2D eigenvalue weighted by atomic mass is 31.2. The number of hydrogen-bond donors (Lipinski definition) is 8. The molecule has 1 aliphatic carbocycles. The third-order valence-electron chi connectivity index (χ3n) is 11.3. The molecule has 1 aliphatic rings. The lowest BCUT2D eigenvalue weighted by molar-refractivity contribution is -0.213. The van der Waals surface area contributed by atoms with E-state index in [1.54, 1.807) is 0 Å². The van der Waals surface area contributed by atoms with E-state index < -0.39 is 91.3 Å². The number of carbonyl (C=O) groups is 2. The number of esters is 2. The first-order chi connectivity index (χ1) is 31.8.